The van der Waals surface area contributed by atoms with Gasteiger partial charge in [0.25, 0.3) is 0 Å². The number of benzene rings is 1. The second kappa shape index (κ2) is 5.28. The third-order valence-corrected chi connectivity index (χ3v) is 4.58. The number of nitrogens with zero attached hydrogens (tertiary/aromatic N) is 3. The van der Waals surface area contributed by atoms with E-state index in [2.05, 4.69) is 30.7 Å². The molecule has 4 heteroatoms. The van der Waals surface area contributed by atoms with Gasteiger partial charge >= 0.3 is 0 Å². The number of aromatic nitrogens is 1. The Balaban J connectivity index is 1.82. The first kappa shape index (κ1) is 14.3. The van der Waals surface area contributed by atoms with Crippen LogP contribution in [0.1, 0.15) is 19.5 Å². The first-order valence-electron chi connectivity index (χ1n) is 7.53. The highest BCUT2D eigenvalue weighted by Crippen LogP contribution is 2.23. The predicted octanol–water partition coefficient (Wildman–Crippen LogP) is 2.34. The highest BCUT2D eigenvalue weighted by atomic mass is 15.3. The molecule has 2 aromatic rings. The van der Waals surface area contributed by atoms with Gasteiger partial charge in [-0.2, -0.15) is 0 Å². The SMILES string of the molecule is CN1CCN(Cc2cc(N)c3ccccc3n2)CC1(C)C. The van der Waals surface area contributed by atoms with Crippen LogP contribution in [-0.2, 0) is 6.54 Å². The molecule has 0 radical (unpaired) electrons. The number of para-hydroxylation sites is 1. The molecule has 0 amide bonds. The summed E-state index contributed by atoms with van der Waals surface area (Å²) in [6, 6.07) is 10.1. The lowest BCUT2D eigenvalue weighted by molar-refractivity contribution is 0.0354. The molecule has 3 rings (SSSR count). The fourth-order valence-electron chi connectivity index (χ4n) is 3.05. The second-order valence-corrected chi connectivity index (χ2v) is 6.66. The molecular weight excluding hydrogens is 260 g/mol. The summed E-state index contributed by atoms with van der Waals surface area (Å²) in [4.78, 5) is 9.65. The summed E-state index contributed by atoms with van der Waals surface area (Å²) in [6.07, 6.45) is 0. The van der Waals surface area contributed by atoms with Crippen LogP contribution in [0.5, 0.6) is 0 Å². The Hall–Kier alpha value is -1.65. The topological polar surface area (TPSA) is 45.4 Å². The lowest BCUT2D eigenvalue weighted by Gasteiger charge is -2.45. The Labute approximate surface area is 126 Å². The van der Waals surface area contributed by atoms with Crippen LogP contribution < -0.4 is 5.73 Å². The summed E-state index contributed by atoms with van der Waals surface area (Å²) in [5.41, 5.74) is 9.25. The fraction of sp³-hybridized carbons (Fsp3) is 0.471. The minimum atomic E-state index is 0.209. The molecule has 0 saturated carbocycles. The van der Waals surface area contributed by atoms with Crippen LogP contribution in [0.15, 0.2) is 30.3 Å². The van der Waals surface area contributed by atoms with Crippen LogP contribution in [0.2, 0.25) is 0 Å². The van der Waals surface area contributed by atoms with E-state index in [4.69, 9.17) is 10.7 Å². The van der Waals surface area contributed by atoms with E-state index in [1.165, 1.54) is 0 Å². The van der Waals surface area contributed by atoms with E-state index in [9.17, 15) is 0 Å². The molecule has 0 atom stereocenters. The van der Waals surface area contributed by atoms with Gasteiger partial charge in [0.1, 0.15) is 0 Å². The molecule has 112 valence electrons. The van der Waals surface area contributed by atoms with Crippen molar-refractivity contribution in [2.45, 2.75) is 25.9 Å². The number of hydrogen-bond acceptors (Lipinski definition) is 4. The molecule has 1 aromatic carbocycles. The van der Waals surface area contributed by atoms with Crippen LogP contribution in [-0.4, -0.2) is 47.0 Å². The minimum absolute atomic E-state index is 0.209. The maximum atomic E-state index is 6.17. The van der Waals surface area contributed by atoms with Crippen molar-refractivity contribution in [2.24, 2.45) is 0 Å². The zero-order valence-electron chi connectivity index (χ0n) is 13.1. The Morgan fingerprint density at radius 1 is 1.24 bits per heavy atom. The van der Waals surface area contributed by atoms with Crippen molar-refractivity contribution < 1.29 is 0 Å². The number of rotatable bonds is 2. The maximum Gasteiger partial charge on any atom is 0.0726 e. The van der Waals surface area contributed by atoms with Crippen LogP contribution in [0, 0.1) is 0 Å². The molecule has 2 heterocycles. The van der Waals surface area contributed by atoms with Gasteiger partial charge in [0, 0.05) is 42.8 Å². The molecule has 1 saturated heterocycles. The quantitative estimate of drug-likeness (QED) is 0.919. The zero-order valence-corrected chi connectivity index (χ0v) is 13.1. The third-order valence-electron chi connectivity index (χ3n) is 4.58. The summed E-state index contributed by atoms with van der Waals surface area (Å²) in [5.74, 6) is 0. The number of piperazine rings is 1. The number of nitrogen functional groups attached to an aromatic ring is 1. The Morgan fingerprint density at radius 2 is 2.00 bits per heavy atom. The largest absolute Gasteiger partial charge is 0.398 e. The monoisotopic (exact) mass is 284 g/mol. The van der Waals surface area contributed by atoms with Gasteiger partial charge in [-0.25, -0.2) is 0 Å². The molecule has 1 aliphatic rings. The van der Waals surface area contributed by atoms with E-state index in [0.29, 0.717) is 0 Å². The summed E-state index contributed by atoms with van der Waals surface area (Å²) in [7, 11) is 2.20. The molecule has 0 unspecified atom stereocenters. The lowest BCUT2D eigenvalue weighted by Crippen LogP contribution is -2.57. The Morgan fingerprint density at radius 3 is 2.76 bits per heavy atom. The van der Waals surface area contributed by atoms with E-state index >= 15 is 0 Å². The number of nitrogens with two attached hydrogens (primary N) is 1. The van der Waals surface area contributed by atoms with Crippen molar-refractivity contribution in [3.8, 4) is 0 Å². The van der Waals surface area contributed by atoms with Crippen molar-refractivity contribution >= 4 is 16.6 Å². The van der Waals surface area contributed by atoms with Gasteiger partial charge in [0.15, 0.2) is 0 Å². The van der Waals surface area contributed by atoms with E-state index < -0.39 is 0 Å². The number of pyridine rings is 1. The van der Waals surface area contributed by atoms with Crippen molar-refractivity contribution in [2.75, 3.05) is 32.4 Å². The van der Waals surface area contributed by atoms with Gasteiger partial charge in [-0.15, -0.1) is 0 Å². The molecule has 1 aromatic heterocycles. The van der Waals surface area contributed by atoms with Crippen molar-refractivity contribution in [3.05, 3.63) is 36.0 Å². The van der Waals surface area contributed by atoms with Crippen molar-refractivity contribution in [3.63, 3.8) is 0 Å². The minimum Gasteiger partial charge on any atom is -0.398 e. The first-order valence-corrected chi connectivity index (χ1v) is 7.53. The predicted molar refractivity (Wildman–Crippen MR) is 88.1 cm³/mol. The smallest absolute Gasteiger partial charge is 0.0726 e. The number of likely N-dealkylation sites (N-methyl/N-ethyl adjacent to an activating group) is 1. The average Bonchev–Trinajstić information content (AvgIpc) is 2.43. The fourth-order valence-corrected chi connectivity index (χ4v) is 3.05. The Kier molecular flexibility index (Phi) is 3.59. The van der Waals surface area contributed by atoms with E-state index in [-0.39, 0.29) is 5.54 Å². The Bertz CT molecular complexity index is 650. The molecule has 0 aliphatic carbocycles. The summed E-state index contributed by atoms with van der Waals surface area (Å²) >= 11 is 0. The van der Waals surface area contributed by atoms with Gasteiger partial charge in [-0.1, -0.05) is 18.2 Å². The van der Waals surface area contributed by atoms with Crippen LogP contribution in [0.25, 0.3) is 10.9 Å². The normalized spacial score (nSPS) is 20.0. The molecule has 21 heavy (non-hydrogen) atoms. The molecule has 0 bridgehead atoms. The lowest BCUT2D eigenvalue weighted by atomic mass is 9.99. The first-order chi connectivity index (χ1) is 9.95. The standard InChI is InChI=1S/C17H24N4/c1-17(2)12-21(9-8-20(17)3)11-13-10-15(18)14-6-4-5-7-16(14)19-13/h4-7,10H,8-9,11-12H2,1-3H3,(H2,18,19). The number of anilines is 1. The van der Waals surface area contributed by atoms with Crippen LogP contribution in [0.4, 0.5) is 5.69 Å². The van der Waals surface area contributed by atoms with Gasteiger partial charge < -0.3 is 5.73 Å². The van der Waals surface area contributed by atoms with Gasteiger partial charge in [-0.05, 0) is 33.0 Å². The maximum absolute atomic E-state index is 6.17. The van der Waals surface area contributed by atoms with Gasteiger partial charge in [-0.3, -0.25) is 14.8 Å². The molecule has 2 N–H and O–H groups in total. The summed E-state index contributed by atoms with van der Waals surface area (Å²) in [5, 5.41) is 1.04. The van der Waals surface area contributed by atoms with Crippen molar-refractivity contribution in [1.29, 1.82) is 0 Å². The number of hydrogen-bond donors (Lipinski definition) is 1. The summed E-state index contributed by atoms with van der Waals surface area (Å²) in [6.45, 7) is 8.68. The molecular formula is C17H24N4. The van der Waals surface area contributed by atoms with Crippen molar-refractivity contribution in [1.82, 2.24) is 14.8 Å². The third kappa shape index (κ3) is 2.87. The van der Waals surface area contributed by atoms with E-state index in [1.54, 1.807) is 0 Å². The highest BCUT2D eigenvalue weighted by molar-refractivity contribution is 5.90. The van der Waals surface area contributed by atoms with E-state index in [1.807, 2.05) is 30.3 Å². The van der Waals surface area contributed by atoms with E-state index in [0.717, 1.165) is 48.5 Å². The average molecular weight is 284 g/mol. The van der Waals surface area contributed by atoms with Crippen LogP contribution in [0.3, 0.4) is 0 Å². The molecule has 1 aliphatic heterocycles. The molecule has 4 nitrogen and oxygen atoms in total. The van der Waals surface area contributed by atoms with Gasteiger partial charge in [0.2, 0.25) is 0 Å². The second-order valence-electron chi connectivity index (χ2n) is 6.66. The summed E-state index contributed by atoms with van der Waals surface area (Å²) < 4.78 is 0. The zero-order chi connectivity index (χ0) is 15.0. The van der Waals surface area contributed by atoms with Gasteiger partial charge in [0.05, 0.1) is 11.2 Å². The number of fused-ring (bicyclic) bond motifs is 1. The molecule has 1 fully saturated rings. The van der Waals surface area contributed by atoms with Crippen LogP contribution >= 0.6 is 0 Å². The highest BCUT2D eigenvalue weighted by Gasteiger charge is 2.30. The molecule has 0 spiro atoms.